The first-order chi connectivity index (χ1) is 9.15. The van der Waals surface area contributed by atoms with E-state index in [0.29, 0.717) is 12.1 Å². The first-order valence-electron chi connectivity index (χ1n) is 6.15. The van der Waals surface area contributed by atoms with Gasteiger partial charge in [0.15, 0.2) is 0 Å². The average Bonchev–Trinajstić information content (AvgIpc) is 2.41. The molecule has 2 heterocycles. The van der Waals surface area contributed by atoms with Crippen molar-refractivity contribution in [3.63, 3.8) is 0 Å². The zero-order chi connectivity index (χ0) is 13.4. The normalized spacial score (nSPS) is 13.8. The van der Waals surface area contributed by atoms with Gasteiger partial charge in [0.05, 0.1) is 17.1 Å². The van der Waals surface area contributed by atoms with E-state index in [2.05, 4.69) is 15.3 Å². The molecule has 19 heavy (non-hydrogen) atoms. The Bertz CT molecular complexity index is 666. The van der Waals surface area contributed by atoms with Crippen molar-refractivity contribution in [3.8, 4) is 11.3 Å². The zero-order valence-electron chi connectivity index (χ0n) is 10.6. The van der Waals surface area contributed by atoms with Crippen molar-refractivity contribution in [1.29, 1.82) is 0 Å². The summed E-state index contributed by atoms with van der Waals surface area (Å²) in [5.41, 5.74) is 11.1. The molecule has 1 aliphatic rings. The number of aromatic nitrogens is 2. The van der Waals surface area contributed by atoms with Crippen molar-refractivity contribution in [1.82, 2.24) is 9.97 Å². The van der Waals surface area contributed by atoms with Gasteiger partial charge in [0.1, 0.15) is 6.33 Å². The topological polar surface area (TPSA) is 80.9 Å². The number of hydrogen-bond acceptors (Lipinski definition) is 4. The van der Waals surface area contributed by atoms with Gasteiger partial charge in [-0.25, -0.2) is 9.97 Å². The highest BCUT2D eigenvalue weighted by Gasteiger charge is 2.16. The van der Waals surface area contributed by atoms with Crippen LogP contribution in [0.2, 0.25) is 0 Å². The highest BCUT2D eigenvalue weighted by atomic mass is 16.1. The molecule has 0 spiro atoms. The van der Waals surface area contributed by atoms with Crippen LogP contribution in [0.3, 0.4) is 0 Å². The number of amides is 1. The predicted molar refractivity (Wildman–Crippen MR) is 73.6 cm³/mol. The lowest BCUT2D eigenvalue weighted by Gasteiger charge is -2.17. The van der Waals surface area contributed by atoms with Gasteiger partial charge >= 0.3 is 0 Å². The number of aryl methyl sites for hydroxylation is 2. The first kappa shape index (κ1) is 11.6. The Hall–Kier alpha value is -2.43. The molecule has 0 aliphatic carbocycles. The number of nitrogens with one attached hydrogen (secondary N) is 1. The van der Waals surface area contributed by atoms with Crippen LogP contribution in [0.4, 0.5) is 11.4 Å². The van der Waals surface area contributed by atoms with Crippen molar-refractivity contribution in [2.45, 2.75) is 19.8 Å². The third kappa shape index (κ3) is 2.03. The summed E-state index contributed by atoms with van der Waals surface area (Å²) in [5.74, 6) is 0.0673. The number of anilines is 2. The standard InChI is InChI=1S/C14H14N4O/c1-8-13(15)14(17-7-16-8)10-2-4-11-9(6-10)3-5-12(19)18-11/h2,4,6-7H,3,5,15H2,1H3,(H,18,19). The number of carbonyl (C=O) groups excluding carboxylic acids is 1. The van der Waals surface area contributed by atoms with E-state index in [-0.39, 0.29) is 5.91 Å². The molecular formula is C14H14N4O. The number of nitrogens with zero attached hydrogens (tertiary/aromatic N) is 2. The van der Waals surface area contributed by atoms with E-state index in [9.17, 15) is 4.79 Å². The second-order valence-corrected chi connectivity index (χ2v) is 4.64. The van der Waals surface area contributed by atoms with Gasteiger partial charge in [-0.2, -0.15) is 0 Å². The molecule has 0 atom stereocenters. The number of hydrogen-bond donors (Lipinski definition) is 2. The SMILES string of the molecule is Cc1ncnc(-c2ccc3c(c2)CCC(=O)N3)c1N. The number of nitrogen functional groups attached to an aromatic ring is 1. The van der Waals surface area contributed by atoms with Crippen LogP contribution in [0, 0.1) is 6.92 Å². The summed E-state index contributed by atoms with van der Waals surface area (Å²) in [4.78, 5) is 19.6. The van der Waals surface area contributed by atoms with Crippen LogP contribution in [0.5, 0.6) is 0 Å². The molecule has 0 bridgehead atoms. The van der Waals surface area contributed by atoms with Gasteiger partial charge in [-0.3, -0.25) is 4.79 Å². The summed E-state index contributed by atoms with van der Waals surface area (Å²) in [5, 5.41) is 2.86. The molecule has 3 N–H and O–H groups in total. The molecule has 0 unspecified atom stereocenters. The van der Waals surface area contributed by atoms with Crippen LogP contribution >= 0.6 is 0 Å². The largest absolute Gasteiger partial charge is 0.395 e. The molecule has 0 saturated heterocycles. The lowest BCUT2D eigenvalue weighted by atomic mass is 9.98. The molecule has 0 saturated carbocycles. The minimum atomic E-state index is 0.0673. The molecule has 1 aromatic carbocycles. The Morgan fingerprint density at radius 3 is 2.95 bits per heavy atom. The lowest BCUT2D eigenvalue weighted by Crippen LogP contribution is -2.18. The molecule has 0 fully saturated rings. The second kappa shape index (κ2) is 4.35. The second-order valence-electron chi connectivity index (χ2n) is 4.64. The summed E-state index contributed by atoms with van der Waals surface area (Å²) in [6.07, 6.45) is 2.79. The maximum absolute atomic E-state index is 11.3. The molecule has 2 aromatic rings. The maximum Gasteiger partial charge on any atom is 0.224 e. The van der Waals surface area contributed by atoms with E-state index in [1.54, 1.807) is 0 Å². The fourth-order valence-electron chi connectivity index (χ4n) is 2.24. The van der Waals surface area contributed by atoms with Gasteiger partial charge in [0, 0.05) is 17.7 Å². The third-order valence-corrected chi connectivity index (χ3v) is 3.36. The zero-order valence-corrected chi connectivity index (χ0v) is 10.6. The Labute approximate surface area is 110 Å². The fourth-order valence-corrected chi connectivity index (χ4v) is 2.24. The molecule has 0 radical (unpaired) electrons. The molecule has 1 amide bonds. The lowest BCUT2D eigenvalue weighted by molar-refractivity contribution is -0.116. The Morgan fingerprint density at radius 1 is 1.26 bits per heavy atom. The molecule has 5 nitrogen and oxygen atoms in total. The number of nitrogens with two attached hydrogens (primary N) is 1. The molecule has 5 heteroatoms. The number of fused-ring (bicyclic) bond motifs is 1. The van der Waals surface area contributed by atoms with Crippen LogP contribution < -0.4 is 11.1 Å². The fraction of sp³-hybridized carbons (Fsp3) is 0.214. The van der Waals surface area contributed by atoms with Gasteiger partial charge in [0.25, 0.3) is 0 Å². The van der Waals surface area contributed by atoms with Crippen LogP contribution in [0.15, 0.2) is 24.5 Å². The number of benzene rings is 1. The number of rotatable bonds is 1. The van der Waals surface area contributed by atoms with Gasteiger partial charge in [-0.15, -0.1) is 0 Å². The smallest absolute Gasteiger partial charge is 0.224 e. The molecule has 1 aromatic heterocycles. The van der Waals surface area contributed by atoms with Crippen molar-refractivity contribution >= 4 is 17.3 Å². The predicted octanol–water partition coefficient (Wildman–Crippen LogP) is 1.92. The third-order valence-electron chi connectivity index (χ3n) is 3.36. The molecule has 3 rings (SSSR count). The highest BCUT2D eigenvalue weighted by Crippen LogP contribution is 2.30. The summed E-state index contributed by atoms with van der Waals surface area (Å²) >= 11 is 0. The molecule has 1 aliphatic heterocycles. The van der Waals surface area contributed by atoms with E-state index >= 15 is 0 Å². The highest BCUT2D eigenvalue weighted by molar-refractivity contribution is 5.94. The Morgan fingerprint density at radius 2 is 2.11 bits per heavy atom. The van der Waals surface area contributed by atoms with Crippen molar-refractivity contribution in [2.75, 3.05) is 11.1 Å². The summed E-state index contributed by atoms with van der Waals surface area (Å²) in [6, 6.07) is 5.86. The van der Waals surface area contributed by atoms with Gasteiger partial charge in [-0.05, 0) is 31.0 Å². The minimum absolute atomic E-state index is 0.0673. The maximum atomic E-state index is 11.3. The van der Waals surface area contributed by atoms with E-state index in [1.165, 1.54) is 6.33 Å². The van der Waals surface area contributed by atoms with E-state index in [4.69, 9.17) is 5.73 Å². The summed E-state index contributed by atoms with van der Waals surface area (Å²) in [7, 11) is 0. The monoisotopic (exact) mass is 254 g/mol. The van der Waals surface area contributed by atoms with Crippen molar-refractivity contribution in [3.05, 3.63) is 35.8 Å². The average molecular weight is 254 g/mol. The molecule has 96 valence electrons. The van der Waals surface area contributed by atoms with E-state index in [0.717, 1.165) is 34.6 Å². The van der Waals surface area contributed by atoms with E-state index in [1.807, 2.05) is 25.1 Å². The van der Waals surface area contributed by atoms with Crippen LogP contribution in [-0.2, 0) is 11.2 Å². The van der Waals surface area contributed by atoms with Gasteiger partial charge < -0.3 is 11.1 Å². The van der Waals surface area contributed by atoms with Crippen LogP contribution in [0.1, 0.15) is 17.7 Å². The minimum Gasteiger partial charge on any atom is -0.395 e. The van der Waals surface area contributed by atoms with Gasteiger partial charge in [-0.1, -0.05) is 6.07 Å². The van der Waals surface area contributed by atoms with Crippen molar-refractivity contribution in [2.24, 2.45) is 0 Å². The van der Waals surface area contributed by atoms with Crippen molar-refractivity contribution < 1.29 is 4.79 Å². The quantitative estimate of drug-likeness (QED) is 0.814. The Kier molecular flexibility index (Phi) is 2.67. The van der Waals surface area contributed by atoms with Crippen LogP contribution in [-0.4, -0.2) is 15.9 Å². The van der Waals surface area contributed by atoms with E-state index < -0.39 is 0 Å². The number of carbonyl (C=O) groups is 1. The summed E-state index contributed by atoms with van der Waals surface area (Å²) < 4.78 is 0. The Balaban J connectivity index is 2.07. The van der Waals surface area contributed by atoms with Gasteiger partial charge in [0.2, 0.25) is 5.91 Å². The molecular weight excluding hydrogens is 240 g/mol. The van der Waals surface area contributed by atoms with Crippen LogP contribution in [0.25, 0.3) is 11.3 Å². The first-order valence-corrected chi connectivity index (χ1v) is 6.15. The summed E-state index contributed by atoms with van der Waals surface area (Å²) in [6.45, 7) is 1.86.